The van der Waals surface area contributed by atoms with Crippen LogP contribution in [-0.2, 0) is 0 Å². The Morgan fingerprint density at radius 1 is 1.12 bits per heavy atom. The maximum absolute atomic E-state index is 12.3. The standard InChI is InChI=1S/C19H19N3O2/c1-12(2)13-6-8-15(9-7-13)20-19(24)18-11-17(21-22-18)14-4-3-5-16(23)10-14/h3-12,23H,1-2H3,(H,20,24)(H,21,22). The number of benzene rings is 2. The minimum Gasteiger partial charge on any atom is -0.508 e. The van der Waals surface area contributed by atoms with Gasteiger partial charge in [0.05, 0.1) is 5.69 Å². The Balaban J connectivity index is 1.74. The van der Waals surface area contributed by atoms with Crippen LogP contribution in [0.1, 0.15) is 35.8 Å². The second kappa shape index (κ2) is 6.58. The van der Waals surface area contributed by atoms with Crippen molar-refractivity contribution < 1.29 is 9.90 Å². The van der Waals surface area contributed by atoms with E-state index < -0.39 is 0 Å². The number of phenolic OH excluding ortho intramolecular Hbond substituents is 1. The molecule has 0 radical (unpaired) electrons. The van der Waals surface area contributed by atoms with Crippen LogP contribution in [0.2, 0.25) is 0 Å². The van der Waals surface area contributed by atoms with Crippen LogP contribution in [0.15, 0.2) is 54.6 Å². The summed E-state index contributed by atoms with van der Waals surface area (Å²) in [5.74, 6) is 0.352. The molecule has 0 spiro atoms. The number of carbonyl (C=O) groups excluding carboxylic acids is 1. The van der Waals surface area contributed by atoms with Crippen LogP contribution in [-0.4, -0.2) is 21.2 Å². The Labute approximate surface area is 140 Å². The molecule has 24 heavy (non-hydrogen) atoms. The molecule has 1 aromatic heterocycles. The largest absolute Gasteiger partial charge is 0.508 e. The lowest BCUT2D eigenvalue weighted by Gasteiger charge is -2.07. The van der Waals surface area contributed by atoms with Gasteiger partial charge >= 0.3 is 0 Å². The van der Waals surface area contributed by atoms with Gasteiger partial charge in [0.1, 0.15) is 11.4 Å². The molecule has 122 valence electrons. The number of amides is 1. The first-order valence-corrected chi connectivity index (χ1v) is 7.79. The minimum absolute atomic E-state index is 0.159. The van der Waals surface area contributed by atoms with E-state index in [2.05, 4.69) is 29.4 Å². The number of aromatic amines is 1. The van der Waals surface area contributed by atoms with Gasteiger partial charge < -0.3 is 10.4 Å². The molecule has 1 amide bonds. The lowest BCUT2D eigenvalue weighted by Crippen LogP contribution is -2.12. The molecule has 0 aliphatic heterocycles. The summed E-state index contributed by atoms with van der Waals surface area (Å²) in [6.45, 7) is 4.25. The molecule has 0 saturated heterocycles. The highest BCUT2D eigenvalue weighted by molar-refractivity contribution is 6.03. The molecule has 5 nitrogen and oxygen atoms in total. The van der Waals surface area contributed by atoms with Crippen molar-refractivity contribution in [2.75, 3.05) is 5.32 Å². The zero-order valence-corrected chi connectivity index (χ0v) is 13.6. The molecule has 1 heterocycles. The van der Waals surface area contributed by atoms with Crippen LogP contribution >= 0.6 is 0 Å². The molecule has 2 aromatic carbocycles. The van der Waals surface area contributed by atoms with E-state index in [1.807, 2.05) is 30.3 Å². The number of phenols is 1. The maximum Gasteiger partial charge on any atom is 0.273 e. The highest BCUT2D eigenvalue weighted by Crippen LogP contribution is 2.22. The van der Waals surface area contributed by atoms with Crippen LogP contribution in [0.5, 0.6) is 5.75 Å². The molecular weight excluding hydrogens is 302 g/mol. The smallest absolute Gasteiger partial charge is 0.273 e. The third-order valence-electron chi connectivity index (χ3n) is 3.80. The summed E-state index contributed by atoms with van der Waals surface area (Å²) >= 11 is 0. The summed E-state index contributed by atoms with van der Waals surface area (Å²) in [5, 5.41) is 19.2. The molecule has 3 N–H and O–H groups in total. The number of nitrogens with zero attached hydrogens (tertiary/aromatic N) is 1. The zero-order valence-electron chi connectivity index (χ0n) is 13.6. The van der Waals surface area contributed by atoms with Crippen LogP contribution in [0.4, 0.5) is 5.69 Å². The SMILES string of the molecule is CC(C)c1ccc(NC(=O)c2cc(-c3cccc(O)c3)n[nH]2)cc1. The topological polar surface area (TPSA) is 78.0 Å². The van der Waals surface area contributed by atoms with Gasteiger partial charge in [0, 0.05) is 11.3 Å². The van der Waals surface area contributed by atoms with E-state index in [1.165, 1.54) is 5.56 Å². The van der Waals surface area contributed by atoms with Crippen LogP contribution < -0.4 is 5.32 Å². The molecule has 3 rings (SSSR count). The van der Waals surface area contributed by atoms with Gasteiger partial charge in [0.15, 0.2) is 0 Å². The summed E-state index contributed by atoms with van der Waals surface area (Å²) in [4.78, 5) is 12.3. The predicted octanol–water partition coefficient (Wildman–Crippen LogP) is 4.16. The number of H-pyrrole nitrogens is 1. The number of hydrogen-bond acceptors (Lipinski definition) is 3. The molecule has 0 unspecified atom stereocenters. The molecule has 3 aromatic rings. The number of anilines is 1. The van der Waals surface area contributed by atoms with E-state index in [4.69, 9.17) is 0 Å². The Kier molecular flexibility index (Phi) is 4.33. The monoisotopic (exact) mass is 321 g/mol. The first-order chi connectivity index (χ1) is 11.5. The van der Waals surface area contributed by atoms with E-state index in [9.17, 15) is 9.90 Å². The number of aromatic hydroxyl groups is 1. The van der Waals surface area contributed by atoms with Gasteiger partial charge in [-0.2, -0.15) is 5.10 Å². The highest BCUT2D eigenvalue weighted by atomic mass is 16.3. The fraction of sp³-hybridized carbons (Fsp3) is 0.158. The molecule has 0 bridgehead atoms. The second-order valence-electron chi connectivity index (χ2n) is 5.95. The normalized spacial score (nSPS) is 10.8. The first kappa shape index (κ1) is 15.8. The Morgan fingerprint density at radius 2 is 1.88 bits per heavy atom. The maximum atomic E-state index is 12.3. The van der Waals surface area contributed by atoms with Crippen molar-refractivity contribution >= 4 is 11.6 Å². The number of aromatic nitrogens is 2. The summed E-state index contributed by atoms with van der Waals surface area (Å²) in [6.07, 6.45) is 0. The van der Waals surface area contributed by atoms with Gasteiger partial charge in [-0.15, -0.1) is 0 Å². The van der Waals surface area contributed by atoms with Gasteiger partial charge in [0.25, 0.3) is 5.91 Å². The van der Waals surface area contributed by atoms with E-state index in [0.717, 1.165) is 11.3 Å². The van der Waals surface area contributed by atoms with Gasteiger partial charge in [-0.05, 0) is 41.8 Å². The average Bonchev–Trinajstić information content (AvgIpc) is 3.05. The van der Waals surface area contributed by atoms with E-state index >= 15 is 0 Å². The average molecular weight is 321 g/mol. The van der Waals surface area contributed by atoms with Crippen molar-refractivity contribution in [3.05, 3.63) is 65.9 Å². The zero-order chi connectivity index (χ0) is 17.1. The van der Waals surface area contributed by atoms with Crippen LogP contribution in [0, 0.1) is 0 Å². The van der Waals surface area contributed by atoms with Gasteiger partial charge in [0.2, 0.25) is 0 Å². The van der Waals surface area contributed by atoms with Gasteiger partial charge in [-0.1, -0.05) is 38.1 Å². The molecule has 0 fully saturated rings. The molecule has 0 saturated carbocycles. The number of hydrogen-bond donors (Lipinski definition) is 3. The summed E-state index contributed by atoms with van der Waals surface area (Å²) in [7, 11) is 0. The Morgan fingerprint density at radius 3 is 2.54 bits per heavy atom. The fourth-order valence-corrected chi connectivity index (χ4v) is 2.40. The van der Waals surface area contributed by atoms with Crippen molar-refractivity contribution in [1.82, 2.24) is 10.2 Å². The number of carbonyl (C=O) groups is 1. The molecule has 0 atom stereocenters. The number of rotatable bonds is 4. The van der Waals surface area contributed by atoms with Crippen molar-refractivity contribution in [1.29, 1.82) is 0 Å². The third kappa shape index (κ3) is 3.46. The summed E-state index contributed by atoms with van der Waals surface area (Å²) in [5.41, 5.74) is 3.66. The predicted molar refractivity (Wildman–Crippen MR) is 94.2 cm³/mol. The summed E-state index contributed by atoms with van der Waals surface area (Å²) < 4.78 is 0. The lowest BCUT2D eigenvalue weighted by molar-refractivity contribution is 0.102. The molecule has 5 heteroatoms. The lowest BCUT2D eigenvalue weighted by atomic mass is 10.0. The Hall–Kier alpha value is -3.08. The third-order valence-corrected chi connectivity index (χ3v) is 3.80. The van der Waals surface area contributed by atoms with E-state index in [-0.39, 0.29) is 11.7 Å². The number of nitrogens with one attached hydrogen (secondary N) is 2. The van der Waals surface area contributed by atoms with Crippen molar-refractivity contribution in [3.8, 4) is 17.0 Å². The van der Waals surface area contributed by atoms with Crippen molar-refractivity contribution in [2.45, 2.75) is 19.8 Å². The molecule has 0 aliphatic carbocycles. The first-order valence-electron chi connectivity index (χ1n) is 7.79. The van der Waals surface area contributed by atoms with Crippen LogP contribution in [0.25, 0.3) is 11.3 Å². The van der Waals surface area contributed by atoms with Gasteiger partial charge in [-0.3, -0.25) is 9.89 Å². The van der Waals surface area contributed by atoms with Gasteiger partial charge in [-0.25, -0.2) is 0 Å². The fourth-order valence-electron chi connectivity index (χ4n) is 2.40. The summed E-state index contributed by atoms with van der Waals surface area (Å²) in [6, 6.07) is 16.2. The minimum atomic E-state index is -0.258. The Bertz CT molecular complexity index is 851. The molecule has 0 aliphatic rings. The van der Waals surface area contributed by atoms with Crippen molar-refractivity contribution in [3.63, 3.8) is 0 Å². The quantitative estimate of drug-likeness (QED) is 0.675. The van der Waals surface area contributed by atoms with E-state index in [1.54, 1.807) is 24.3 Å². The highest BCUT2D eigenvalue weighted by Gasteiger charge is 2.12. The second-order valence-corrected chi connectivity index (χ2v) is 5.95. The van der Waals surface area contributed by atoms with E-state index in [0.29, 0.717) is 17.3 Å². The van der Waals surface area contributed by atoms with Crippen LogP contribution in [0.3, 0.4) is 0 Å². The van der Waals surface area contributed by atoms with Crippen molar-refractivity contribution in [2.24, 2.45) is 0 Å². The molecular formula is C19H19N3O2.